The van der Waals surface area contributed by atoms with Crippen LogP contribution in [0.15, 0.2) is 0 Å². The van der Waals surface area contributed by atoms with Crippen LogP contribution in [0.5, 0.6) is 0 Å². The summed E-state index contributed by atoms with van der Waals surface area (Å²) >= 11 is 4.60. The molecule has 2 N–H and O–H groups in total. The number of rotatable bonds is 5. The standard InChI is InChI=1S/C6H14N2S/c1-2-3-4-5-8(7)6-9/h6H,2-5,7H2,1H3. The van der Waals surface area contributed by atoms with Gasteiger partial charge in [-0.1, -0.05) is 32.0 Å². The summed E-state index contributed by atoms with van der Waals surface area (Å²) in [5.74, 6) is 5.39. The van der Waals surface area contributed by atoms with Crippen molar-refractivity contribution in [2.24, 2.45) is 5.84 Å². The first-order valence-electron chi connectivity index (χ1n) is 3.28. The molecule has 0 aromatic carbocycles. The molecule has 9 heavy (non-hydrogen) atoms. The van der Waals surface area contributed by atoms with Gasteiger partial charge in [0.2, 0.25) is 0 Å². The van der Waals surface area contributed by atoms with E-state index in [0.29, 0.717) is 0 Å². The van der Waals surface area contributed by atoms with Gasteiger partial charge in [-0.05, 0) is 6.42 Å². The summed E-state index contributed by atoms with van der Waals surface area (Å²) in [5, 5.41) is 1.55. The van der Waals surface area contributed by atoms with E-state index in [0.717, 1.165) is 13.0 Å². The molecule has 0 radical (unpaired) electrons. The van der Waals surface area contributed by atoms with Crippen LogP contribution in [0.25, 0.3) is 0 Å². The quantitative estimate of drug-likeness (QED) is 0.274. The topological polar surface area (TPSA) is 29.3 Å². The fourth-order valence-corrected chi connectivity index (χ4v) is 0.702. The molecule has 54 valence electrons. The molecule has 0 aliphatic rings. The molecule has 2 nitrogen and oxygen atoms in total. The molecule has 0 atom stereocenters. The lowest BCUT2D eigenvalue weighted by Crippen LogP contribution is -2.29. The molecule has 0 unspecified atom stereocenters. The number of hydrazine groups is 1. The second-order valence-corrected chi connectivity index (χ2v) is 2.26. The molecular formula is C6H14N2S. The molecule has 0 aromatic rings. The molecule has 0 aliphatic carbocycles. The highest BCUT2D eigenvalue weighted by atomic mass is 32.1. The van der Waals surface area contributed by atoms with Gasteiger partial charge in [0.25, 0.3) is 0 Å². The maximum absolute atomic E-state index is 5.39. The van der Waals surface area contributed by atoms with Crippen LogP contribution in [0.3, 0.4) is 0 Å². The largest absolute Gasteiger partial charge is 0.308 e. The van der Waals surface area contributed by atoms with Crippen LogP contribution >= 0.6 is 12.2 Å². The third-order valence-corrected chi connectivity index (χ3v) is 1.43. The molecule has 0 saturated heterocycles. The van der Waals surface area contributed by atoms with E-state index in [1.165, 1.54) is 18.3 Å². The van der Waals surface area contributed by atoms with Gasteiger partial charge in [0.15, 0.2) is 0 Å². The number of hydrogen-bond acceptors (Lipinski definition) is 2. The Morgan fingerprint density at radius 2 is 2.22 bits per heavy atom. The first kappa shape index (κ1) is 8.85. The van der Waals surface area contributed by atoms with Gasteiger partial charge in [-0.15, -0.1) is 0 Å². The van der Waals surface area contributed by atoms with Crippen molar-refractivity contribution in [2.75, 3.05) is 6.54 Å². The normalized spacial score (nSPS) is 9.11. The van der Waals surface area contributed by atoms with E-state index >= 15 is 0 Å². The summed E-state index contributed by atoms with van der Waals surface area (Å²) in [6.07, 6.45) is 3.60. The summed E-state index contributed by atoms with van der Waals surface area (Å²) in [6, 6.07) is 0. The molecule has 0 heterocycles. The summed E-state index contributed by atoms with van der Waals surface area (Å²) in [7, 11) is 0. The van der Waals surface area contributed by atoms with Crippen molar-refractivity contribution in [2.45, 2.75) is 26.2 Å². The Labute approximate surface area is 62.0 Å². The molecule has 0 fully saturated rings. The summed E-state index contributed by atoms with van der Waals surface area (Å²) in [6.45, 7) is 3.05. The second-order valence-electron chi connectivity index (χ2n) is 2.05. The molecule has 0 amide bonds. The third kappa shape index (κ3) is 5.73. The molecule has 0 rings (SSSR count). The third-order valence-electron chi connectivity index (χ3n) is 1.16. The predicted molar refractivity (Wildman–Crippen MR) is 44.1 cm³/mol. The zero-order valence-electron chi connectivity index (χ0n) is 5.84. The number of nitrogens with zero attached hydrogens (tertiary/aromatic N) is 1. The second kappa shape index (κ2) is 5.98. The van der Waals surface area contributed by atoms with E-state index in [1.54, 1.807) is 5.01 Å². The zero-order valence-corrected chi connectivity index (χ0v) is 6.66. The van der Waals surface area contributed by atoms with Crippen molar-refractivity contribution >= 4 is 17.7 Å². The molecular weight excluding hydrogens is 132 g/mol. The average Bonchev–Trinajstić information content (AvgIpc) is 1.89. The fraction of sp³-hybridized carbons (Fsp3) is 0.833. The molecule has 0 spiro atoms. The monoisotopic (exact) mass is 146 g/mol. The molecule has 0 aromatic heterocycles. The molecule has 3 heteroatoms. The molecule has 0 saturated carbocycles. The Balaban J connectivity index is 2.96. The van der Waals surface area contributed by atoms with Crippen LogP contribution < -0.4 is 5.84 Å². The fourth-order valence-electron chi connectivity index (χ4n) is 0.597. The van der Waals surface area contributed by atoms with E-state index in [2.05, 4.69) is 19.1 Å². The number of thiocarbonyl (C=S) groups is 1. The lowest BCUT2D eigenvalue weighted by atomic mass is 10.2. The summed E-state index contributed by atoms with van der Waals surface area (Å²) in [5.41, 5.74) is 1.48. The highest BCUT2D eigenvalue weighted by Gasteiger charge is 1.88. The van der Waals surface area contributed by atoms with Crippen molar-refractivity contribution in [3.8, 4) is 0 Å². The van der Waals surface area contributed by atoms with Gasteiger partial charge in [0, 0.05) is 6.54 Å². The van der Waals surface area contributed by atoms with E-state index in [9.17, 15) is 0 Å². The number of hydrogen-bond donors (Lipinski definition) is 1. The van der Waals surface area contributed by atoms with Gasteiger partial charge >= 0.3 is 0 Å². The van der Waals surface area contributed by atoms with Gasteiger partial charge in [-0.25, -0.2) is 5.84 Å². The van der Waals surface area contributed by atoms with Crippen molar-refractivity contribution in [1.29, 1.82) is 0 Å². The first-order valence-corrected chi connectivity index (χ1v) is 3.75. The maximum Gasteiger partial charge on any atom is 0.0785 e. The van der Waals surface area contributed by atoms with Crippen molar-refractivity contribution in [3.05, 3.63) is 0 Å². The Hall–Kier alpha value is -0.150. The zero-order chi connectivity index (χ0) is 7.11. The maximum atomic E-state index is 5.39. The minimum absolute atomic E-state index is 0.886. The van der Waals surface area contributed by atoms with Crippen molar-refractivity contribution in [3.63, 3.8) is 0 Å². The van der Waals surface area contributed by atoms with Crippen LogP contribution in [-0.2, 0) is 0 Å². The van der Waals surface area contributed by atoms with Crippen LogP contribution in [0.2, 0.25) is 0 Å². The Morgan fingerprint density at radius 1 is 1.56 bits per heavy atom. The minimum Gasteiger partial charge on any atom is -0.308 e. The summed E-state index contributed by atoms with van der Waals surface area (Å²) in [4.78, 5) is 0. The molecule has 0 aliphatic heterocycles. The van der Waals surface area contributed by atoms with Crippen LogP contribution in [0.1, 0.15) is 26.2 Å². The van der Waals surface area contributed by atoms with Crippen LogP contribution in [0, 0.1) is 0 Å². The summed E-state index contributed by atoms with van der Waals surface area (Å²) < 4.78 is 0. The number of unbranched alkanes of at least 4 members (excludes halogenated alkanes) is 2. The van der Waals surface area contributed by atoms with E-state index in [4.69, 9.17) is 5.84 Å². The van der Waals surface area contributed by atoms with E-state index < -0.39 is 0 Å². The first-order chi connectivity index (χ1) is 4.31. The lowest BCUT2D eigenvalue weighted by molar-refractivity contribution is 0.438. The highest BCUT2D eigenvalue weighted by molar-refractivity contribution is 7.78. The van der Waals surface area contributed by atoms with Gasteiger partial charge < -0.3 is 5.01 Å². The van der Waals surface area contributed by atoms with Gasteiger partial charge in [-0.2, -0.15) is 0 Å². The van der Waals surface area contributed by atoms with Crippen LogP contribution in [-0.4, -0.2) is 17.0 Å². The van der Waals surface area contributed by atoms with Gasteiger partial charge in [0.1, 0.15) is 0 Å². The van der Waals surface area contributed by atoms with E-state index in [1.807, 2.05) is 0 Å². The SMILES string of the molecule is CCCCCN(N)C=S. The van der Waals surface area contributed by atoms with Gasteiger partial charge in [-0.3, -0.25) is 0 Å². The van der Waals surface area contributed by atoms with Gasteiger partial charge in [0.05, 0.1) is 5.49 Å². The van der Waals surface area contributed by atoms with Crippen LogP contribution in [0.4, 0.5) is 0 Å². The Kier molecular flexibility index (Phi) is 5.88. The lowest BCUT2D eigenvalue weighted by Gasteiger charge is -2.09. The smallest absolute Gasteiger partial charge is 0.0785 e. The molecule has 0 bridgehead atoms. The van der Waals surface area contributed by atoms with Crippen molar-refractivity contribution < 1.29 is 0 Å². The Bertz CT molecular complexity index is 75.5. The minimum atomic E-state index is 0.886. The van der Waals surface area contributed by atoms with E-state index in [-0.39, 0.29) is 0 Å². The number of nitrogens with two attached hydrogens (primary N) is 1. The highest BCUT2D eigenvalue weighted by Crippen LogP contribution is 1.92. The Morgan fingerprint density at radius 3 is 2.67 bits per heavy atom. The van der Waals surface area contributed by atoms with Crippen molar-refractivity contribution in [1.82, 2.24) is 5.01 Å². The predicted octanol–water partition coefficient (Wildman–Crippen LogP) is 1.31. The average molecular weight is 146 g/mol.